The van der Waals surface area contributed by atoms with Crippen LogP contribution in [0.25, 0.3) is 11.1 Å². The molecule has 0 amide bonds. The van der Waals surface area contributed by atoms with E-state index in [1.54, 1.807) is 0 Å². The number of hydrogen-bond acceptors (Lipinski definition) is 6. The zero-order valence-corrected chi connectivity index (χ0v) is 47.6. The van der Waals surface area contributed by atoms with Crippen molar-refractivity contribution in [2.75, 3.05) is 42.5 Å². The molecule has 18 rings (SSSR count). The minimum Gasteiger partial charge on any atom is -0.371 e. The van der Waals surface area contributed by atoms with Gasteiger partial charge in [0.25, 0.3) is 13.4 Å². The predicted octanol–water partition coefficient (Wildman–Crippen LogP) is 15.7. The Balaban J connectivity index is 0.995. The van der Waals surface area contributed by atoms with Crippen molar-refractivity contribution < 1.29 is 0 Å². The van der Waals surface area contributed by atoms with Gasteiger partial charge in [0, 0.05) is 98.3 Å². The van der Waals surface area contributed by atoms with Crippen LogP contribution in [0.15, 0.2) is 279 Å². The van der Waals surface area contributed by atoms with Crippen LogP contribution in [-0.2, 0) is 12.8 Å². The maximum Gasteiger partial charge on any atom is 0.252 e. The van der Waals surface area contributed by atoms with Crippen LogP contribution in [0, 0.1) is 0 Å². The van der Waals surface area contributed by atoms with Crippen LogP contribution in [-0.4, -0.2) is 26.5 Å². The quantitative estimate of drug-likeness (QED) is 0.140. The van der Waals surface area contributed by atoms with Crippen molar-refractivity contribution in [2.45, 2.75) is 25.7 Å². The Morgan fingerprint density at radius 2 is 0.709 bits per heavy atom. The first-order valence-electron chi connectivity index (χ1n) is 30.7. The van der Waals surface area contributed by atoms with E-state index < -0.39 is 0 Å². The molecule has 0 unspecified atom stereocenters. The highest BCUT2D eigenvalue weighted by Gasteiger charge is 2.51. The fourth-order valence-electron chi connectivity index (χ4n) is 15.8. The average molecular weight is 1100 g/mol. The largest absolute Gasteiger partial charge is 0.371 e. The summed E-state index contributed by atoms with van der Waals surface area (Å²) in [6, 6.07) is 104. The van der Waals surface area contributed by atoms with Gasteiger partial charge in [-0.3, -0.25) is 0 Å². The molecule has 6 nitrogen and oxygen atoms in total. The summed E-state index contributed by atoms with van der Waals surface area (Å²) in [6.45, 7) is 1.94. The molecule has 0 fully saturated rings. The molecular formula is C78H58B2N6. The Hall–Kier alpha value is -10.4. The van der Waals surface area contributed by atoms with Gasteiger partial charge in [-0.2, -0.15) is 0 Å². The standard InChI is InChI=1S/C78H58B2N6/c1-7-27-53(28-8-1)60-39-19-22-44-67(60)86-71-52-70-65(51-66(71)80-64-43-21-24-46-69(64)85(58-37-17-6-18-38-58)77-61-40-25-47-81-48-26-41-62(76(61)81)78(86)75(77)80)79-63-42-20-23-45-68(63)83(56-33-13-4-14-34-56)72-49-59(50-73(74(72)79)84(70)57-35-15-5-16-36-57)82(54-29-9-2-10-30-54)55-31-11-3-12-32-55/h1-24,27-39,42-46,49-52H,25-26,40-41,47-48H2. The van der Waals surface area contributed by atoms with Crippen molar-refractivity contribution in [1.82, 2.24) is 0 Å². The number of para-hydroxylation sites is 8. The molecule has 6 aliphatic rings. The molecule has 0 N–H and O–H groups in total. The highest BCUT2D eigenvalue weighted by Crippen LogP contribution is 2.56. The SMILES string of the molecule is c1ccc(-c2ccccc2N2c3cc4c(cc3B3c5ccccc5N(c5ccccc5)c5c6c7c(c2c53)CCCN7CCC6)B2c3ccccc3N(c3ccccc3)c3cc(N(c5ccccc5)c5ccccc5)cc(c32)N4c2ccccc2)cc1. The lowest BCUT2D eigenvalue weighted by atomic mass is 9.30. The molecule has 12 aromatic carbocycles. The molecule has 6 aliphatic heterocycles. The third-order valence-electron chi connectivity index (χ3n) is 19.1. The summed E-state index contributed by atoms with van der Waals surface area (Å²) in [5.74, 6) is 0. The highest BCUT2D eigenvalue weighted by atomic mass is 15.2. The third-order valence-corrected chi connectivity index (χ3v) is 19.1. The Morgan fingerprint density at radius 1 is 0.291 bits per heavy atom. The predicted molar refractivity (Wildman–Crippen MR) is 363 cm³/mol. The fourth-order valence-corrected chi connectivity index (χ4v) is 15.8. The second-order valence-electron chi connectivity index (χ2n) is 23.7. The lowest BCUT2D eigenvalue weighted by molar-refractivity contribution is 0.635. The molecule has 0 aliphatic carbocycles. The van der Waals surface area contributed by atoms with Gasteiger partial charge in [0.2, 0.25) is 0 Å². The topological polar surface area (TPSA) is 19.4 Å². The van der Waals surface area contributed by atoms with E-state index in [1.165, 1.54) is 106 Å². The van der Waals surface area contributed by atoms with Crippen LogP contribution < -0.4 is 62.2 Å². The molecule has 0 radical (unpaired) electrons. The van der Waals surface area contributed by atoms with Crippen molar-refractivity contribution in [1.29, 1.82) is 0 Å². The maximum absolute atomic E-state index is 2.76. The van der Waals surface area contributed by atoms with Gasteiger partial charge in [0.1, 0.15) is 0 Å². The number of benzene rings is 12. The number of nitrogens with zero attached hydrogens (tertiary/aromatic N) is 6. The first-order valence-corrected chi connectivity index (χ1v) is 30.7. The summed E-state index contributed by atoms with van der Waals surface area (Å²) in [6.07, 6.45) is 4.29. The monoisotopic (exact) mass is 1100 g/mol. The minimum atomic E-state index is -0.129. The van der Waals surface area contributed by atoms with Crippen molar-refractivity contribution in [3.05, 3.63) is 290 Å². The molecule has 0 bridgehead atoms. The molecule has 0 atom stereocenters. The van der Waals surface area contributed by atoms with E-state index in [4.69, 9.17) is 0 Å². The maximum atomic E-state index is 2.76. The van der Waals surface area contributed by atoms with Crippen LogP contribution >= 0.6 is 0 Å². The zero-order valence-electron chi connectivity index (χ0n) is 47.6. The second-order valence-corrected chi connectivity index (χ2v) is 23.7. The normalized spacial score (nSPS) is 14.5. The van der Waals surface area contributed by atoms with Gasteiger partial charge in [-0.05, 0) is 172 Å². The molecule has 12 aromatic rings. The molecule has 0 aromatic heterocycles. The molecule has 6 heterocycles. The number of rotatable bonds is 8. The van der Waals surface area contributed by atoms with Crippen molar-refractivity contribution in [3.8, 4) is 11.1 Å². The Morgan fingerprint density at radius 3 is 1.27 bits per heavy atom. The van der Waals surface area contributed by atoms with E-state index in [0.717, 1.165) is 78.6 Å². The van der Waals surface area contributed by atoms with Gasteiger partial charge >= 0.3 is 0 Å². The summed E-state index contributed by atoms with van der Waals surface area (Å²) in [4.78, 5) is 15.8. The second kappa shape index (κ2) is 19.6. The molecular weight excluding hydrogens is 1040 g/mol. The van der Waals surface area contributed by atoms with Gasteiger partial charge in [0.05, 0.1) is 11.4 Å². The number of hydrogen-bond donors (Lipinski definition) is 0. The smallest absolute Gasteiger partial charge is 0.252 e. The Labute approximate surface area is 503 Å². The van der Waals surface area contributed by atoms with Gasteiger partial charge in [0.15, 0.2) is 0 Å². The Bertz CT molecular complexity index is 4600. The number of anilines is 16. The lowest BCUT2D eigenvalue weighted by Crippen LogP contribution is -2.65. The van der Waals surface area contributed by atoms with E-state index >= 15 is 0 Å². The van der Waals surface area contributed by atoms with E-state index in [0.29, 0.717) is 0 Å². The van der Waals surface area contributed by atoms with Crippen LogP contribution in [0.3, 0.4) is 0 Å². The van der Waals surface area contributed by atoms with Gasteiger partial charge in [-0.15, -0.1) is 0 Å². The first kappa shape index (κ1) is 49.0. The van der Waals surface area contributed by atoms with Crippen LogP contribution in [0.4, 0.5) is 91.0 Å². The molecule has 0 saturated heterocycles. The minimum absolute atomic E-state index is 0.0752. The zero-order chi connectivity index (χ0) is 56.4. The summed E-state index contributed by atoms with van der Waals surface area (Å²) >= 11 is 0. The lowest BCUT2D eigenvalue weighted by Gasteiger charge is -2.50. The van der Waals surface area contributed by atoms with E-state index in [-0.39, 0.29) is 13.4 Å². The molecule has 8 heteroatoms. The van der Waals surface area contributed by atoms with Crippen LogP contribution in [0.2, 0.25) is 0 Å². The van der Waals surface area contributed by atoms with E-state index in [9.17, 15) is 0 Å². The summed E-state index contributed by atoms with van der Waals surface area (Å²) in [5.41, 5.74) is 32.5. The van der Waals surface area contributed by atoms with Crippen molar-refractivity contribution >= 4 is 137 Å². The van der Waals surface area contributed by atoms with E-state index in [2.05, 4.69) is 308 Å². The average Bonchev–Trinajstić information content (AvgIpc) is 0.708. The Kier molecular flexibility index (Phi) is 11.2. The summed E-state index contributed by atoms with van der Waals surface area (Å²) < 4.78 is 0. The van der Waals surface area contributed by atoms with E-state index in [1.807, 2.05) is 0 Å². The first-order chi connectivity index (χ1) is 42.7. The van der Waals surface area contributed by atoms with Gasteiger partial charge in [-0.25, -0.2) is 0 Å². The number of fused-ring (bicyclic) bond motifs is 10. The summed E-state index contributed by atoms with van der Waals surface area (Å²) in [5, 5.41) is 0. The molecule has 0 saturated carbocycles. The van der Waals surface area contributed by atoms with Crippen LogP contribution in [0.5, 0.6) is 0 Å². The molecule has 86 heavy (non-hydrogen) atoms. The van der Waals surface area contributed by atoms with Crippen molar-refractivity contribution in [2.24, 2.45) is 0 Å². The molecule has 0 spiro atoms. The van der Waals surface area contributed by atoms with Crippen LogP contribution in [0.1, 0.15) is 24.0 Å². The third kappa shape index (κ3) is 7.29. The summed E-state index contributed by atoms with van der Waals surface area (Å²) in [7, 11) is 0. The fraction of sp³-hybridized carbons (Fsp3) is 0.0769. The van der Waals surface area contributed by atoms with Crippen molar-refractivity contribution in [3.63, 3.8) is 0 Å². The van der Waals surface area contributed by atoms with Gasteiger partial charge in [-0.1, -0.05) is 182 Å². The van der Waals surface area contributed by atoms with Gasteiger partial charge < -0.3 is 29.4 Å². The molecule has 406 valence electrons. The highest BCUT2D eigenvalue weighted by molar-refractivity contribution is 7.03.